The number of aromatic nitrogens is 1. The summed E-state index contributed by atoms with van der Waals surface area (Å²) in [5.74, 6) is 0. The molecule has 0 aliphatic carbocycles. The third-order valence-corrected chi connectivity index (χ3v) is 2.09. The highest BCUT2D eigenvalue weighted by Gasteiger charge is 1.99. The number of rotatable bonds is 2. The number of hydrogen-bond donors (Lipinski definition) is 3. The number of nitrogens with one attached hydrogen (secondary N) is 1. The largest absolute Gasteiger partial charge is 0.397 e. The number of benzene rings is 1. The summed E-state index contributed by atoms with van der Waals surface area (Å²) in [4.78, 5) is 3.22. The zero-order chi connectivity index (χ0) is 11.1. The molecule has 0 unspecified atom stereocenters. The minimum atomic E-state index is 0.250. The van der Waals surface area contributed by atoms with Gasteiger partial charge in [0, 0.05) is 23.7 Å². The lowest BCUT2D eigenvalue weighted by Gasteiger charge is -1.93. The van der Waals surface area contributed by atoms with Crippen LogP contribution in [0.2, 0.25) is 0 Å². The Kier molecular flexibility index (Phi) is 4.87. The van der Waals surface area contributed by atoms with Crippen LogP contribution in [0.3, 0.4) is 0 Å². The number of aliphatic hydroxyl groups excluding tert-OH is 1. The fourth-order valence-electron chi connectivity index (χ4n) is 1.49. The molecule has 1 aromatic carbocycles. The van der Waals surface area contributed by atoms with E-state index in [4.69, 9.17) is 10.8 Å². The van der Waals surface area contributed by atoms with Crippen molar-refractivity contribution in [1.82, 2.24) is 4.98 Å². The minimum absolute atomic E-state index is 0.250. The molecule has 0 saturated carbocycles. The van der Waals surface area contributed by atoms with Crippen LogP contribution < -0.4 is 5.73 Å². The SMILES string of the molecule is CCO.NCCc1c[nH]c2ccccc12. The normalized spacial score (nSPS) is 9.80. The second-order valence-electron chi connectivity index (χ2n) is 3.21. The fraction of sp³-hybridized carbons (Fsp3) is 0.333. The summed E-state index contributed by atoms with van der Waals surface area (Å²) in [5.41, 5.74) is 8.01. The zero-order valence-corrected chi connectivity index (χ0v) is 9.03. The van der Waals surface area contributed by atoms with Gasteiger partial charge in [-0.3, -0.25) is 0 Å². The number of H-pyrrole nitrogens is 1. The Labute approximate surface area is 89.9 Å². The highest BCUT2D eigenvalue weighted by atomic mass is 16.2. The maximum Gasteiger partial charge on any atom is 0.0456 e. The van der Waals surface area contributed by atoms with Crippen molar-refractivity contribution in [2.75, 3.05) is 13.2 Å². The Bertz CT molecular complexity index is 395. The summed E-state index contributed by atoms with van der Waals surface area (Å²) >= 11 is 0. The van der Waals surface area contributed by atoms with Crippen LogP contribution in [0.1, 0.15) is 12.5 Å². The maximum atomic E-state index is 7.57. The van der Waals surface area contributed by atoms with Gasteiger partial charge in [0.15, 0.2) is 0 Å². The quantitative estimate of drug-likeness (QED) is 0.700. The van der Waals surface area contributed by atoms with Crippen LogP contribution in [0.5, 0.6) is 0 Å². The van der Waals surface area contributed by atoms with Gasteiger partial charge in [0.1, 0.15) is 0 Å². The van der Waals surface area contributed by atoms with Gasteiger partial charge in [-0.2, -0.15) is 0 Å². The van der Waals surface area contributed by atoms with Crippen molar-refractivity contribution in [3.8, 4) is 0 Å². The van der Waals surface area contributed by atoms with Gasteiger partial charge in [-0.05, 0) is 31.5 Å². The summed E-state index contributed by atoms with van der Waals surface area (Å²) in [6, 6.07) is 8.29. The van der Waals surface area contributed by atoms with Crippen molar-refractivity contribution in [3.05, 3.63) is 36.0 Å². The Morgan fingerprint density at radius 3 is 2.67 bits per heavy atom. The van der Waals surface area contributed by atoms with Crippen LogP contribution in [-0.2, 0) is 6.42 Å². The summed E-state index contributed by atoms with van der Waals surface area (Å²) in [6.07, 6.45) is 2.99. The molecule has 0 aliphatic rings. The molecule has 0 fully saturated rings. The number of hydrogen-bond acceptors (Lipinski definition) is 2. The van der Waals surface area contributed by atoms with Crippen molar-refractivity contribution in [2.45, 2.75) is 13.3 Å². The first-order valence-electron chi connectivity index (χ1n) is 5.19. The van der Waals surface area contributed by atoms with Gasteiger partial charge in [-0.25, -0.2) is 0 Å². The number of fused-ring (bicyclic) bond motifs is 1. The molecule has 4 N–H and O–H groups in total. The van der Waals surface area contributed by atoms with E-state index in [0.717, 1.165) is 6.42 Å². The van der Waals surface area contributed by atoms with Gasteiger partial charge in [-0.1, -0.05) is 18.2 Å². The summed E-state index contributed by atoms with van der Waals surface area (Å²) < 4.78 is 0. The Hall–Kier alpha value is -1.32. The average molecular weight is 206 g/mol. The van der Waals surface area contributed by atoms with E-state index in [1.54, 1.807) is 6.92 Å². The van der Waals surface area contributed by atoms with Gasteiger partial charge in [0.25, 0.3) is 0 Å². The third kappa shape index (κ3) is 3.08. The van der Waals surface area contributed by atoms with E-state index >= 15 is 0 Å². The number of para-hydroxylation sites is 1. The van der Waals surface area contributed by atoms with E-state index < -0.39 is 0 Å². The Morgan fingerprint density at radius 2 is 2.00 bits per heavy atom. The second kappa shape index (κ2) is 6.22. The molecule has 0 bridgehead atoms. The first-order valence-corrected chi connectivity index (χ1v) is 5.19. The predicted molar refractivity (Wildman–Crippen MR) is 63.8 cm³/mol. The molecule has 0 radical (unpaired) electrons. The topological polar surface area (TPSA) is 62.0 Å². The number of nitrogens with two attached hydrogens (primary N) is 1. The lowest BCUT2D eigenvalue weighted by Crippen LogP contribution is -2.01. The van der Waals surface area contributed by atoms with E-state index in [-0.39, 0.29) is 6.61 Å². The molecule has 0 aliphatic heterocycles. The minimum Gasteiger partial charge on any atom is -0.397 e. The van der Waals surface area contributed by atoms with Gasteiger partial charge < -0.3 is 15.8 Å². The van der Waals surface area contributed by atoms with Crippen molar-refractivity contribution in [1.29, 1.82) is 0 Å². The molecule has 0 amide bonds. The van der Waals surface area contributed by atoms with Crippen molar-refractivity contribution in [3.63, 3.8) is 0 Å². The molecule has 15 heavy (non-hydrogen) atoms. The van der Waals surface area contributed by atoms with Crippen LogP contribution in [0, 0.1) is 0 Å². The highest BCUT2D eigenvalue weighted by molar-refractivity contribution is 5.82. The van der Waals surface area contributed by atoms with Crippen LogP contribution in [0.25, 0.3) is 10.9 Å². The third-order valence-electron chi connectivity index (χ3n) is 2.09. The number of aromatic amines is 1. The molecular weight excluding hydrogens is 188 g/mol. The van der Waals surface area contributed by atoms with Crippen molar-refractivity contribution in [2.24, 2.45) is 5.73 Å². The Morgan fingerprint density at radius 1 is 1.33 bits per heavy atom. The molecular formula is C12H18N2O. The smallest absolute Gasteiger partial charge is 0.0456 e. The van der Waals surface area contributed by atoms with Gasteiger partial charge in [0.05, 0.1) is 0 Å². The lowest BCUT2D eigenvalue weighted by atomic mass is 10.1. The van der Waals surface area contributed by atoms with Crippen LogP contribution in [-0.4, -0.2) is 23.2 Å². The molecule has 0 atom stereocenters. The molecule has 3 heteroatoms. The molecule has 1 aromatic heterocycles. The molecule has 0 spiro atoms. The second-order valence-corrected chi connectivity index (χ2v) is 3.21. The first kappa shape index (κ1) is 11.8. The first-order chi connectivity index (χ1) is 7.33. The molecule has 82 valence electrons. The molecule has 3 nitrogen and oxygen atoms in total. The summed E-state index contributed by atoms with van der Waals surface area (Å²) in [7, 11) is 0. The van der Waals surface area contributed by atoms with Gasteiger partial charge in [0.2, 0.25) is 0 Å². The van der Waals surface area contributed by atoms with Crippen molar-refractivity contribution >= 4 is 10.9 Å². The van der Waals surface area contributed by atoms with Crippen LogP contribution in [0.4, 0.5) is 0 Å². The van der Waals surface area contributed by atoms with Gasteiger partial charge >= 0.3 is 0 Å². The molecule has 0 saturated heterocycles. The van der Waals surface area contributed by atoms with E-state index in [1.807, 2.05) is 12.3 Å². The fourth-order valence-corrected chi connectivity index (χ4v) is 1.49. The zero-order valence-electron chi connectivity index (χ0n) is 9.03. The van der Waals surface area contributed by atoms with Crippen LogP contribution in [0.15, 0.2) is 30.5 Å². The monoisotopic (exact) mass is 206 g/mol. The lowest BCUT2D eigenvalue weighted by molar-refractivity contribution is 0.318. The van der Waals surface area contributed by atoms with E-state index in [1.165, 1.54) is 16.5 Å². The molecule has 2 rings (SSSR count). The van der Waals surface area contributed by atoms with E-state index in [0.29, 0.717) is 6.54 Å². The highest BCUT2D eigenvalue weighted by Crippen LogP contribution is 2.17. The molecule has 2 aromatic rings. The van der Waals surface area contributed by atoms with Crippen LogP contribution >= 0.6 is 0 Å². The average Bonchev–Trinajstić information content (AvgIpc) is 2.64. The summed E-state index contributed by atoms with van der Waals surface area (Å²) in [5, 5.41) is 8.86. The molecule has 1 heterocycles. The van der Waals surface area contributed by atoms with E-state index in [2.05, 4.69) is 23.2 Å². The summed E-state index contributed by atoms with van der Waals surface area (Å²) in [6.45, 7) is 2.64. The Balaban J connectivity index is 0.000000337. The van der Waals surface area contributed by atoms with Crippen molar-refractivity contribution < 1.29 is 5.11 Å². The standard InChI is InChI=1S/C10H12N2.C2H6O/c11-6-5-8-7-12-10-4-2-1-3-9(8)10;1-2-3/h1-4,7,12H,5-6,11H2;3H,2H2,1H3. The van der Waals surface area contributed by atoms with E-state index in [9.17, 15) is 0 Å². The number of aliphatic hydroxyl groups is 1. The predicted octanol–water partition coefficient (Wildman–Crippen LogP) is 1.67. The van der Waals surface area contributed by atoms with Gasteiger partial charge in [-0.15, -0.1) is 0 Å². The maximum absolute atomic E-state index is 7.57.